The number of benzene rings is 1. The van der Waals surface area contributed by atoms with Gasteiger partial charge in [0.2, 0.25) is 0 Å². The lowest BCUT2D eigenvalue weighted by Crippen LogP contribution is -2.41. The summed E-state index contributed by atoms with van der Waals surface area (Å²) in [7, 11) is 0. The van der Waals surface area contributed by atoms with Crippen molar-refractivity contribution in [3.05, 3.63) is 41.4 Å². The SMILES string of the molecule is O=C(OCC(=O)N1CCC[C@H](c2nc3ccccc3s2)C1)[C@@H]1CC=CCC1. The zero-order chi connectivity index (χ0) is 18.6. The highest BCUT2D eigenvalue weighted by Gasteiger charge is 2.28. The number of amides is 1. The minimum atomic E-state index is -0.243. The van der Waals surface area contributed by atoms with Gasteiger partial charge in [0.05, 0.1) is 21.1 Å². The number of rotatable bonds is 4. The summed E-state index contributed by atoms with van der Waals surface area (Å²) >= 11 is 1.71. The Labute approximate surface area is 163 Å². The highest BCUT2D eigenvalue weighted by atomic mass is 32.1. The van der Waals surface area contributed by atoms with Gasteiger partial charge in [-0.05, 0) is 44.2 Å². The van der Waals surface area contributed by atoms with Crippen LogP contribution in [0.2, 0.25) is 0 Å². The molecule has 1 aliphatic carbocycles. The van der Waals surface area contributed by atoms with Crippen LogP contribution >= 0.6 is 11.3 Å². The van der Waals surface area contributed by atoms with Crippen LogP contribution in [0.1, 0.15) is 43.0 Å². The average Bonchev–Trinajstić information content (AvgIpc) is 3.17. The van der Waals surface area contributed by atoms with Gasteiger partial charge in [-0.15, -0.1) is 11.3 Å². The number of thiazole rings is 1. The monoisotopic (exact) mass is 384 g/mol. The molecule has 0 radical (unpaired) electrons. The molecule has 1 amide bonds. The van der Waals surface area contributed by atoms with Gasteiger partial charge in [0.1, 0.15) is 0 Å². The first kappa shape index (κ1) is 18.2. The molecule has 2 aromatic rings. The smallest absolute Gasteiger partial charge is 0.309 e. The van der Waals surface area contributed by atoms with Crippen molar-refractivity contribution in [3.63, 3.8) is 0 Å². The molecule has 0 spiro atoms. The van der Waals surface area contributed by atoms with Gasteiger partial charge in [0.15, 0.2) is 6.61 Å². The van der Waals surface area contributed by atoms with Crippen LogP contribution in [0.25, 0.3) is 10.2 Å². The van der Waals surface area contributed by atoms with Gasteiger partial charge in [0, 0.05) is 19.0 Å². The summed E-state index contributed by atoms with van der Waals surface area (Å²) in [5, 5.41) is 1.10. The van der Waals surface area contributed by atoms with Gasteiger partial charge >= 0.3 is 5.97 Å². The van der Waals surface area contributed by atoms with E-state index in [1.54, 1.807) is 11.3 Å². The zero-order valence-electron chi connectivity index (χ0n) is 15.3. The fraction of sp³-hybridized carbons (Fsp3) is 0.476. The number of ether oxygens (including phenoxy) is 1. The predicted octanol–water partition coefficient (Wildman–Crippen LogP) is 3.90. The van der Waals surface area contributed by atoms with E-state index in [0.29, 0.717) is 6.54 Å². The second-order valence-corrected chi connectivity index (χ2v) is 8.35. The lowest BCUT2D eigenvalue weighted by molar-refractivity contribution is -0.156. The molecule has 142 valence electrons. The number of aromatic nitrogens is 1. The molecule has 2 aliphatic rings. The van der Waals surface area contributed by atoms with Crippen molar-refractivity contribution < 1.29 is 14.3 Å². The Bertz CT molecular complexity index is 827. The Morgan fingerprint density at radius 1 is 1.22 bits per heavy atom. The summed E-state index contributed by atoms with van der Waals surface area (Å²) < 4.78 is 6.49. The van der Waals surface area contributed by atoms with Gasteiger partial charge < -0.3 is 9.64 Å². The average molecular weight is 385 g/mol. The normalized spacial score (nSPS) is 22.7. The van der Waals surface area contributed by atoms with Crippen molar-refractivity contribution in [1.29, 1.82) is 0 Å². The molecule has 0 unspecified atom stereocenters. The maximum Gasteiger partial charge on any atom is 0.309 e. The Hall–Kier alpha value is -2.21. The van der Waals surface area contributed by atoms with Gasteiger partial charge in [-0.1, -0.05) is 24.3 Å². The van der Waals surface area contributed by atoms with Crippen molar-refractivity contribution in [3.8, 4) is 0 Å². The Kier molecular flexibility index (Phi) is 5.53. The van der Waals surface area contributed by atoms with Gasteiger partial charge in [-0.2, -0.15) is 0 Å². The fourth-order valence-corrected chi connectivity index (χ4v) is 4.91. The minimum absolute atomic E-state index is 0.0967. The number of nitrogens with zero attached hydrogens (tertiary/aromatic N) is 2. The lowest BCUT2D eigenvalue weighted by atomic mass is 9.95. The number of hydrogen-bond acceptors (Lipinski definition) is 5. The van der Waals surface area contributed by atoms with Crippen LogP contribution in [-0.2, 0) is 14.3 Å². The number of fused-ring (bicyclic) bond motifs is 1. The number of carbonyl (C=O) groups is 2. The summed E-state index contributed by atoms with van der Waals surface area (Å²) in [6, 6.07) is 8.14. The summed E-state index contributed by atoms with van der Waals surface area (Å²) in [6.07, 6.45) is 8.54. The largest absolute Gasteiger partial charge is 0.455 e. The standard InChI is InChI=1S/C21H24N2O3S/c24-19(14-26-21(25)15-7-2-1-3-8-15)23-12-6-9-16(13-23)20-22-17-10-4-5-11-18(17)27-20/h1-2,4-5,10-11,15-16H,3,6-9,12-14H2/t15-,16+/m1/s1. The summed E-state index contributed by atoms with van der Waals surface area (Å²) in [4.78, 5) is 31.3. The number of esters is 1. The Balaban J connectivity index is 1.34. The molecule has 2 heterocycles. The molecular formula is C21H24N2O3S. The molecule has 1 aromatic carbocycles. The first-order valence-electron chi connectivity index (χ1n) is 9.65. The van der Waals surface area contributed by atoms with E-state index in [2.05, 4.69) is 12.1 Å². The van der Waals surface area contributed by atoms with Crippen molar-refractivity contribution in [1.82, 2.24) is 9.88 Å². The highest BCUT2D eigenvalue weighted by Crippen LogP contribution is 2.33. The predicted molar refractivity (Wildman–Crippen MR) is 106 cm³/mol. The number of hydrogen-bond donors (Lipinski definition) is 0. The molecule has 1 saturated heterocycles. The highest BCUT2D eigenvalue weighted by molar-refractivity contribution is 7.18. The van der Waals surface area contributed by atoms with Crippen LogP contribution in [0.3, 0.4) is 0 Å². The van der Waals surface area contributed by atoms with Crippen LogP contribution < -0.4 is 0 Å². The molecule has 0 N–H and O–H groups in total. The number of carbonyl (C=O) groups excluding carboxylic acids is 2. The van der Waals surface area contributed by atoms with Crippen molar-refractivity contribution in [2.24, 2.45) is 5.92 Å². The van der Waals surface area contributed by atoms with Gasteiger partial charge in [-0.25, -0.2) is 4.98 Å². The second kappa shape index (κ2) is 8.21. The van der Waals surface area contributed by atoms with Crippen LogP contribution in [0, 0.1) is 5.92 Å². The maximum absolute atomic E-state index is 12.6. The van der Waals surface area contributed by atoms with E-state index in [1.165, 1.54) is 4.70 Å². The molecule has 1 aliphatic heterocycles. The Morgan fingerprint density at radius 3 is 2.93 bits per heavy atom. The first-order chi connectivity index (χ1) is 13.2. The van der Waals surface area contributed by atoms with E-state index in [9.17, 15) is 9.59 Å². The third-order valence-corrected chi connectivity index (χ3v) is 6.57. The number of piperidine rings is 1. The molecule has 1 fully saturated rings. The van der Waals surface area contributed by atoms with Gasteiger partial charge in [-0.3, -0.25) is 9.59 Å². The second-order valence-electron chi connectivity index (χ2n) is 7.29. The third-order valence-electron chi connectivity index (χ3n) is 5.37. The van der Waals surface area contributed by atoms with Crippen LogP contribution in [0.15, 0.2) is 36.4 Å². The molecule has 6 heteroatoms. The molecule has 4 rings (SSSR count). The quantitative estimate of drug-likeness (QED) is 0.592. The number of likely N-dealkylation sites (tertiary alicyclic amines) is 1. The third kappa shape index (κ3) is 4.21. The van der Waals surface area contributed by atoms with E-state index in [-0.39, 0.29) is 30.3 Å². The lowest BCUT2D eigenvalue weighted by Gasteiger charge is -2.31. The zero-order valence-corrected chi connectivity index (χ0v) is 16.1. The molecular weight excluding hydrogens is 360 g/mol. The number of allylic oxidation sites excluding steroid dienone is 2. The summed E-state index contributed by atoms with van der Waals surface area (Å²) in [5.74, 6) is -0.174. The van der Waals surface area contributed by atoms with Crippen molar-refractivity contribution >= 4 is 33.4 Å². The van der Waals surface area contributed by atoms with E-state index in [4.69, 9.17) is 9.72 Å². The van der Waals surface area contributed by atoms with E-state index in [0.717, 1.165) is 49.2 Å². The molecule has 0 saturated carbocycles. The summed E-state index contributed by atoms with van der Waals surface area (Å²) in [5.41, 5.74) is 1.02. The molecule has 0 bridgehead atoms. The molecule has 5 nitrogen and oxygen atoms in total. The summed E-state index contributed by atoms with van der Waals surface area (Å²) in [6.45, 7) is 1.23. The topological polar surface area (TPSA) is 59.5 Å². The first-order valence-corrected chi connectivity index (χ1v) is 10.5. The van der Waals surface area contributed by atoms with E-state index in [1.807, 2.05) is 29.2 Å². The van der Waals surface area contributed by atoms with Crippen molar-refractivity contribution in [2.75, 3.05) is 19.7 Å². The molecule has 1 aromatic heterocycles. The van der Waals surface area contributed by atoms with Crippen LogP contribution in [0.5, 0.6) is 0 Å². The fourth-order valence-electron chi connectivity index (χ4n) is 3.82. The van der Waals surface area contributed by atoms with E-state index >= 15 is 0 Å². The minimum Gasteiger partial charge on any atom is -0.455 e. The molecule has 2 atom stereocenters. The number of para-hydroxylation sites is 1. The molecule has 27 heavy (non-hydrogen) atoms. The van der Waals surface area contributed by atoms with Crippen LogP contribution in [-0.4, -0.2) is 41.5 Å². The van der Waals surface area contributed by atoms with E-state index < -0.39 is 0 Å². The maximum atomic E-state index is 12.6. The Morgan fingerprint density at radius 2 is 2.11 bits per heavy atom. The van der Waals surface area contributed by atoms with Crippen LogP contribution in [0.4, 0.5) is 0 Å². The van der Waals surface area contributed by atoms with Crippen molar-refractivity contribution in [2.45, 2.75) is 38.0 Å². The van der Waals surface area contributed by atoms with Gasteiger partial charge in [0.25, 0.3) is 5.91 Å².